The van der Waals surface area contributed by atoms with E-state index in [1.807, 2.05) is 0 Å². The molecule has 0 heterocycles. The van der Waals surface area contributed by atoms with Crippen molar-refractivity contribution in [3.8, 4) is 17.2 Å². The molecule has 0 saturated carbocycles. The molecule has 11 heteroatoms. The van der Waals surface area contributed by atoms with E-state index in [1.54, 1.807) is 0 Å². The lowest BCUT2D eigenvalue weighted by atomic mass is 10.2. The van der Waals surface area contributed by atoms with Crippen LogP contribution in [0.3, 0.4) is 0 Å². The SMILES string of the molecule is COc1cc(COC(=O)c2cc(S(N)(=O)=O)ccc2OC)ccc1OC(F)F. The molecule has 152 valence electrons. The lowest BCUT2D eigenvalue weighted by Gasteiger charge is -2.13. The predicted molar refractivity (Wildman–Crippen MR) is 93.1 cm³/mol. The number of esters is 1. The van der Waals surface area contributed by atoms with Crippen molar-refractivity contribution in [1.82, 2.24) is 0 Å². The molecule has 28 heavy (non-hydrogen) atoms. The van der Waals surface area contributed by atoms with Gasteiger partial charge in [-0.05, 0) is 35.9 Å². The molecular weight excluding hydrogens is 400 g/mol. The van der Waals surface area contributed by atoms with E-state index in [9.17, 15) is 22.0 Å². The largest absolute Gasteiger partial charge is 0.496 e. The van der Waals surface area contributed by atoms with Gasteiger partial charge in [-0.2, -0.15) is 8.78 Å². The molecule has 0 aliphatic heterocycles. The van der Waals surface area contributed by atoms with Crippen molar-refractivity contribution >= 4 is 16.0 Å². The van der Waals surface area contributed by atoms with E-state index in [-0.39, 0.29) is 34.3 Å². The summed E-state index contributed by atoms with van der Waals surface area (Å²) >= 11 is 0. The van der Waals surface area contributed by atoms with E-state index in [1.165, 1.54) is 44.6 Å². The molecule has 2 aromatic rings. The summed E-state index contributed by atoms with van der Waals surface area (Å²) < 4.78 is 67.1. The predicted octanol–water partition coefficient (Wildman–Crippen LogP) is 2.31. The van der Waals surface area contributed by atoms with Crippen molar-refractivity contribution in [3.05, 3.63) is 47.5 Å². The van der Waals surface area contributed by atoms with E-state index in [4.69, 9.17) is 19.3 Å². The smallest absolute Gasteiger partial charge is 0.387 e. The first kappa shape index (κ1) is 21.4. The van der Waals surface area contributed by atoms with Crippen LogP contribution in [0.1, 0.15) is 15.9 Å². The van der Waals surface area contributed by atoms with Gasteiger partial charge in [0, 0.05) is 0 Å². The third kappa shape index (κ3) is 5.30. The van der Waals surface area contributed by atoms with Gasteiger partial charge in [-0.1, -0.05) is 6.07 Å². The quantitative estimate of drug-likeness (QED) is 0.656. The van der Waals surface area contributed by atoms with Crippen molar-refractivity contribution in [2.45, 2.75) is 18.1 Å². The number of benzene rings is 2. The molecule has 0 bridgehead atoms. The van der Waals surface area contributed by atoms with Gasteiger partial charge in [0.1, 0.15) is 17.9 Å². The Labute approximate surface area is 159 Å². The first-order chi connectivity index (χ1) is 13.2. The summed E-state index contributed by atoms with van der Waals surface area (Å²) in [5.41, 5.74) is 0.284. The molecule has 0 radical (unpaired) electrons. The molecule has 0 spiro atoms. The van der Waals surface area contributed by atoms with Crippen molar-refractivity contribution in [3.63, 3.8) is 0 Å². The molecule has 0 fully saturated rings. The standard InChI is InChI=1S/C17H17F2NO7S/c1-24-13-6-4-11(28(20,22)23)8-12(13)16(21)26-9-10-3-5-14(27-17(18)19)15(7-10)25-2/h3-8,17H,9H2,1-2H3,(H2,20,22,23). The van der Waals surface area contributed by atoms with Crippen LogP contribution in [0.5, 0.6) is 17.2 Å². The minimum absolute atomic E-state index is 0.0302. The van der Waals surface area contributed by atoms with Crippen LogP contribution in [-0.4, -0.2) is 35.2 Å². The van der Waals surface area contributed by atoms with Crippen LogP contribution < -0.4 is 19.3 Å². The summed E-state index contributed by atoms with van der Waals surface area (Å²) in [6.07, 6.45) is 0. The monoisotopic (exact) mass is 417 g/mol. The minimum atomic E-state index is -4.03. The highest BCUT2D eigenvalue weighted by molar-refractivity contribution is 7.89. The highest BCUT2D eigenvalue weighted by Gasteiger charge is 2.19. The molecule has 0 unspecified atom stereocenters. The average Bonchev–Trinajstić information content (AvgIpc) is 2.65. The zero-order valence-corrected chi connectivity index (χ0v) is 15.7. The number of rotatable bonds is 8. The Morgan fingerprint density at radius 3 is 2.25 bits per heavy atom. The summed E-state index contributed by atoms with van der Waals surface area (Å²) in [5, 5.41) is 5.06. The van der Waals surface area contributed by atoms with Gasteiger partial charge in [-0.3, -0.25) is 0 Å². The van der Waals surface area contributed by atoms with Crippen molar-refractivity contribution in [2.24, 2.45) is 5.14 Å². The van der Waals surface area contributed by atoms with Crippen LogP contribution in [0, 0.1) is 0 Å². The second-order valence-corrected chi connectivity index (χ2v) is 6.91. The topological polar surface area (TPSA) is 114 Å². The highest BCUT2D eigenvalue weighted by Crippen LogP contribution is 2.30. The maximum Gasteiger partial charge on any atom is 0.387 e. The van der Waals surface area contributed by atoms with E-state index in [0.717, 1.165) is 6.07 Å². The lowest BCUT2D eigenvalue weighted by Crippen LogP contribution is -2.14. The normalized spacial score (nSPS) is 11.2. The van der Waals surface area contributed by atoms with Gasteiger partial charge in [0.25, 0.3) is 0 Å². The number of halogens is 2. The summed E-state index contributed by atoms with van der Waals surface area (Å²) in [4.78, 5) is 12.1. The lowest BCUT2D eigenvalue weighted by molar-refractivity contribution is -0.0512. The first-order valence-electron chi connectivity index (χ1n) is 7.65. The van der Waals surface area contributed by atoms with E-state index in [0.29, 0.717) is 5.56 Å². The van der Waals surface area contributed by atoms with Crippen LogP contribution in [-0.2, 0) is 21.4 Å². The third-order valence-corrected chi connectivity index (χ3v) is 4.44. The Morgan fingerprint density at radius 1 is 1.04 bits per heavy atom. The molecule has 2 rings (SSSR count). The van der Waals surface area contributed by atoms with Gasteiger partial charge >= 0.3 is 12.6 Å². The van der Waals surface area contributed by atoms with E-state index < -0.39 is 22.6 Å². The average molecular weight is 417 g/mol. The number of ether oxygens (including phenoxy) is 4. The zero-order chi connectivity index (χ0) is 20.9. The van der Waals surface area contributed by atoms with Gasteiger partial charge < -0.3 is 18.9 Å². The van der Waals surface area contributed by atoms with Crippen LogP contribution in [0.15, 0.2) is 41.3 Å². The fourth-order valence-electron chi connectivity index (χ4n) is 2.25. The minimum Gasteiger partial charge on any atom is -0.496 e. The first-order valence-corrected chi connectivity index (χ1v) is 9.20. The Kier molecular flexibility index (Phi) is 6.75. The van der Waals surface area contributed by atoms with Crippen LogP contribution in [0.4, 0.5) is 8.78 Å². The molecule has 0 saturated heterocycles. The molecule has 0 aliphatic rings. The summed E-state index contributed by atoms with van der Waals surface area (Å²) in [5.74, 6) is -0.914. The highest BCUT2D eigenvalue weighted by atomic mass is 32.2. The number of nitrogens with two attached hydrogens (primary N) is 1. The van der Waals surface area contributed by atoms with Crippen LogP contribution >= 0.6 is 0 Å². The maximum atomic E-state index is 12.4. The fourth-order valence-corrected chi connectivity index (χ4v) is 2.79. The number of sulfonamides is 1. The number of primary sulfonamides is 1. The number of hydrogen-bond donors (Lipinski definition) is 1. The molecule has 0 aliphatic carbocycles. The van der Waals surface area contributed by atoms with Crippen molar-refractivity contribution in [2.75, 3.05) is 14.2 Å². The zero-order valence-electron chi connectivity index (χ0n) is 14.8. The van der Waals surface area contributed by atoms with Gasteiger partial charge in [-0.25, -0.2) is 18.4 Å². The number of alkyl halides is 2. The molecule has 0 aromatic heterocycles. The second-order valence-electron chi connectivity index (χ2n) is 5.35. The number of carbonyl (C=O) groups excluding carboxylic acids is 1. The molecule has 2 N–H and O–H groups in total. The molecule has 8 nitrogen and oxygen atoms in total. The van der Waals surface area contributed by atoms with Crippen LogP contribution in [0.2, 0.25) is 0 Å². The number of carbonyl (C=O) groups is 1. The van der Waals surface area contributed by atoms with E-state index >= 15 is 0 Å². The van der Waals surface area contributed by atoms with Gasteiger partial charge in [-0.15, -0.1) is 0 Å². The Morgan fingerprint density at radius 2 is 1.68 bits per heavy atom. The van der Waals surface area contributed by atoms with Crippen LogP contribution in [0.25, 0.3) is 0 Å². The summed E-state index contributed by atoms with van der Waals surface area (Å²) in [7, 11) is -1.46. The maximum absolute atomic E-state index is 12.4. The molecule has 2 aromatic carbocycles. The molecule has 0 atom stereocenters. The Hall–Kier alpha value is -2.92. The third-order valence-electron chi connectivity index (χ3n) is 3.53. The number of methoxy groups -OCH3 is 2. The van der Waals surface area contributed by atoms with Gasteiger partial charge in [0.2, 0.25) is 10.0 Å². The van der Waals surface area contributed by atoms with E-state index in [2.05, 4.69) is 4.74 Å². The Balaban J connectivity index is 2.20. The summed E-state index contributed by atoms with van der Waals surface area (Å²) in [6, 6.07) is 7.52. The molecule has 0 amide bonds. The molecular formula is C17H17F2NO7S. The Bertz CT molecular complexity index is 964. The fraction of sp³-hybridized carbons (Fsp3) is 0.235. The van der Waals surface area contributed by atoms with Crippen molar-refractivity contribution < 1.29 is 40.9 Å². The second kappa shape index (κ2) is 8.85. The number of hydrogen-bond acceptors (Lipinski definition) is 7. The van der Waals surface area contributed by atoms with Crippen molar-refractivity contribution in [1.29, 1.82) is 0 Å². The van der Waals surface area contributed by atoms with Gasteiger partial charge in [0.05, 0.1) is 19.1 Å². The summed E-state index contributed by atoms with van der Waals surface area (Å²) in [6.45, 7) is -3.26. The van der Waals surface area contributed by atoms with Gasteiger partial charge in [0.15, 0.2) is 11.5 Å².